The highest BCUT2D eigenvalue weighted by Crippen LogP contribution is 2.20. The lowest BCUT2D eigenvalue weighted by molar-refractivity contribution is 0.0761. The Balaban J connectivity index is 2.07. The van der Waals surface area contributed by atoms with Crippen LogP contribution in [0.5, 0.6) is 0 Å². The van der Waals surface area contributed by atoms with Crippen LogP contribution in [-0.2, 0) is 4.74 Å². The van der Waals surface area contributed by atoms with Crippen LogP contribution in [-0.4, -0.2) is 37.3 Å². The number of rotatable bonds is 5. The summed E-state index contributed by atoms with van der Waals surface area (Å²) in [7, 11) is 0. The summed E-state index contributed by atoms with van der Waals surface area (Å²) in [6.07, 6.45) is 2.60. The maximum absolute atomic E-state index is 8.96. The zero-order chi connectivity index (χ0) is 14.4. The lowest BCUT2D eigenvalue weighted by Gasteiger charge is -2.31. The molecule has 108 valence electrons. The van der Waals surface area contributed by atoms with Crippen molar-refractivity contribution < 1.29 is 4.74 Å². The van der Waals surface area contributed by atoms with Gasteiger partial charge in [0, 0.05) is 18.8 Å². The predicted octanol–water partition coefficient (Wildman–Crippen LogP) is 1.87. The smallest absolute Gasteiger partial charge is 0.161 e. The van der Waals surface area contributed by atoms with Crippen LogP contribution in [0.25, 0.3) is 0 Å². The normalized spacial score (nSPS) is 20.4. The van der Waals surface area contributed by atoms with Crippen LogP contribution in [0.4, 0.5) is 5.82 Å². The van der Waals surface area contributed by atoms with Gasteiger partial charge in [0.25, 0.3) is 0 Å². The maximum atomic E-state index is 8.96. The molecule has 20 heavy (non-hydrogen) atoms. The van der Waals surface area contributed by atoms with Gasteiger partial charge >= 0.3 is 0 Å². The lowest BCUT2D eigenvalue weighted by Crippen LogP contribution is -2.42. The van der Waals surface area contributed by atoms with Gasteiger partial charge in [-0.2, -0.15) is 5.26 Å². The molecule has 0 amide bonds. The summed E-state index contributed by atoms with van der Waals surface area (Å²) in [6.45, 7) is 7.27. The second kappa shape index (κ2) is 7.22. The van der Waals surface area contributed by atoms with Gasteiger partial charge in [-0.15, -0.1) is 0 Å². The monoisotopic (exact) mass is 274 g/mol. The number of anilines is 1. The van der Waals surface area contributed by atoms with Crippen molar-refractivity contribution in [1.29, 1.82) is 5.26 Å². The maximum Gasteiger partial charge on any atom is 0.161 e. The van der Waals surface area contributed by atoms with E-state index in [2.05, 4.69) is 41.2 Å². The van der Waals surface area contributed by atoms with Crippen molar-refractivity contribution >= 4 is 5.82 Å². The van der Waals surface area contributed by atoms with E-state index in [1.54, 1.807) is 0 Å². The quantitative estimate of drug-likeness (QED) is 0.888. The summed E-state index contributed by atoms with van der Waals surface area (Å²) in [6, 6.07) is 6.62. The Kier molecular flexibility index (Phi) is 5.33. The van der Waals surface area contributed by atoms with Gasteiger partial charge in [0.15, 0.2) is 6.10 Å². The number of aromatic nitrogens is 1. The van der Waals surface area contributed by atoms with Crippen molar-refractivity contribution in [3.8, 4) is 6.07 Å². The Morgan fingerprint density at radius 1 is 1.65 bits per heavy atom. The summed E-state index contributed by atoms with van der Waals surface area (Å²) in [5.41, 5.74) is 1.23. The number of ether oxygens (including phenoxy) is 1. The van der Waals surface area contributed by atoms with Gasteiger partial charge in [-0.1, -0.05) is 6.92 Å². The first kappa shape index (κ1) is 14.8. The van der Waals surface area contributed by atoms with Gasteiger partial charge in [-0.25, -0.2) is 4.98 Å². The molecule has 2 heterocycles. The molecule has 2 rings (SSSR count). The van der Waals surface area contributed by atoms with E-state index in [9.17, 15) is 0 Å². The molecule has 2 unspecified atom stereocenters. The number of nitriles is 1. The van der Waals surface area contributed by atoms with E-state index in [0.29, 0.717) is 19.2 Å². The third-order valence-electron chi connectivity index (χ3n) is 3.50. The van der Waals surface area contributed by atoms with E-state index in [1.165, 1.54) is 5.56 Å². The highest BCUT2D eigenvalue weighted by molar-refractivity contribution is 5.42. The Labute approximate surface area is 120 Å². The molecular weight excluding hydrogens is 252 g/mol. The van der Waals surface area contributed by atoms with Crippen molar-refractivity contribution in [3.63, 3.8) is 0 Å². The fourth-order valence-corrected chi connectivity index (χ4v) is 2.29. The third-order valence-corrected chi connectivity index (χ3v) is 3.50. The molecule has 1 N–H and O–H groups in total. The van der Waals surface area contributed by atoms with Crippen LogP contribution in [0.3, 0.4) is 0 Å². The van der Waals surface area contributed by atoms with E-state index >= 15 is 0 Å². The number of pyridine rings is 1. The fraction of sp³-hybridized carbons (Fsp3) is 0.600. The summed E-state index contributed by atoms with van der Waals surface area (Å²) < 4.78 is 5.37. The van der Waals surface area contributed by atoms with E-state index in [0.717, 1.165) is 25.3 Å². The van der Waals surface area contributed by atoms with Gasteiger partial charge in [-0.05, 0) is 37.6 Å². The van der Waals surface area contributed by atoms with Gasteiger partial charge in [-0.3, -0.25) is 0 Å². The molecule has 0 aliphatic carbocycles. The predicted molar refractivity (Wildman–Crippen MR) is 78.5 cm³/mol. The SMILES string of the molecule is CCCNC(C)c1ccnc(N2CCOC(C#N)C2)c1. The average Bonchev–Trinajstić information content (AvgIpc) is 2.52. The molecule has 1 aromatic heterocycles. The van der Waals surface area contributed by atoms with Crippen molar-refractivity contribution in [1.82, 2.24) is 10.3 Å². The molecule has 1 aliphatic heterocycles. The van der Waals surface area contributed by atoms with Crippen LogP contribution in [0, 0.1) is 11.3 Å². The summed E-state index contributed by atoms with van der Waals surface area (Å²) in [5, 5.41) is 12.4. The van der Waals surface area contributed by atoms with E-state index in [-0.39, 0.29) is 6.10 Å². The van der Waals surface area contributed by atoms with Crippen LogP contribution < -0.4 is 10.2 Å². The minimum Gasteiger partial charge on any atom is -0.360 e. The number of morpholine rings is 1. The molecule has 1 saturated heterocycles. The minimum atomic E-state index is -0.357. The van der Waals surface area contributed by atoms with Crippen molar-refractivity contribution in [2.75, 3.05) is 31.1 Å². The van der Waals surface area contributed by atoms with Crippen LogP contribution in [0.1, 0.15) is 31.9 Å². The number of nitrogens with one attached hydrogen (secondary N) is 1. The van der Waals surface area contributed by atoms with Crippen LogP contribution in [0.2, 0.25) is 0 Å². The Morgan fingerprint density at radius 3 is 3.25 bits per heavy atom. The Morgan fingerprint density at radius 2 is 2.50 bits per heavy atom. The molecule has 1 fully saturated rings. The second-order valence-corrected chi connectivity index (χ2v) is 5.06. The van der Waals surface area contributed by atoms with Gasteiger partial charge in [0.2, 0.25) is 0 Å². The highest BCUT2D eigenvalue weighted by Gasteiger charge is 2.21. The van der Waals surface area contributed by atoms with Crippen molar-refractivity contribution in [2.24, 2.45) is 0 Å². The van der Waals surface area contributed by atoms with Crippen LogP contribution >= 0.6 is 0 Å². The Hall–Kier alpha value is -1.64. The molecule has 0 bridgehead atoms. The molecule has 5 heteroatoms. The molecule has 0 radical (unpaired) electrons. The largest absolute Gasteiger partial charge is 0.360 e. The first-order valence-electron chi connectivity index (χ1n) is 7.20. The first-order valence-corrected chi connectivity index (χ1v) is 7.20. The summed E-state index contributed by atoms with van der Waals surface area (Å²) >= 11 is 0. The van der Waals surface area contributed by atoms with E-state index < -0.39 is 0 Å². The van der Waals surface area contributed by atoms with E-state index in [4.69, 9.17) is 10.00 Å². The number of hydrogen-bond donors (Lipinski definition) is 1. The average molecular weight is 274 g/mol. The van der Waals surface area contributed by atoms with Crippen molar-refractivity contribution in [3.05, 3.63) is 23.9 Å². The number of hydrogen-bond acceptors (Lipinski definition) is 5. The van der Waals surface area contributed by atoms with Gasteiger partial charge in [0.05, 0.1) is 19.2 Å². The zero-order valence-corrected chi connectivity index (χ0v) is 12.2. The highest BCUT2D eigenvalue weighted by atomic mass is 16.5. The topological polar surface area (TPSA) is 61.2 Å². The second-order valence-electron chi connectivity index (χ2n) is 5.06. The van der Waals surface area contributed by atoms with E-state index in [1.807, 2.05) is 12.3 Å². The molecule has 5 nitrogen and oxygen atoms in total. The summed E-state index contributed by atoms with van der Waals surface area (Å²) in [4.78, 5) is 6.55. The molecule has 1 aliphatic rings. The Bertz CT molecular complexity index is 471. The van der Waals surface area contributed by atoms with Gasteiger partial charge < -0.3 is 15.0 Å². The molecule has 1 aromatic rings. The summed E-state index contributed by atoms with van der Waals surface area (Å²) in [5.74, 6) is 0.927. The number of nitrogens with zero attached hydrogens (tertiary/aromatic N) is 3. The fourth-order valence-electron chi connectivity index (χ4n) is 2.29. The molecule has 2 atom stereocenters. The molecule has 0 spiro atoms. The van der Waals surface area contributed by atoms with Crippen LogP contribution in [0.15, 0.2) is 18.3 Å². The standard InChI is InChI=1S/C15H22N4O/c1-3-5-17-12(2)13-4-6-18-15(9-13)19-7-8-20-14(10-16)11-19/h4,6,9,12,14,17H,3,5,7-8,11H2,1-2H3. The molecule has 0 saturated carbocycles. The molecule has 0 aromatic carbocycles. The van der Waals surface area contributed by atoms with Gasteiger partial charge in [0.1, 0.15) is 5.82 Å². The third kappa shape index (κ3) is 3.69. The molecular formula is C15H22N4O. The lowest BCUT2D eigenvalue weighted by atomic mass is 10.1. The van der Waals surface area contributed by atoms with Crippen molar-refractivity contribution in [2.45, 2.75) is 32.4 Å². The first-order chi connectivity index (χ1) is 9.74. The zero-order valence-electron chi connectivity index (χ0n) is 12.2. The minimum absolute atomic E-state index is 0.310.